The molecular weight excluding hydrogens is 501 g/mol. The number of sulfonamides is 1. The first kappa shape index (κ1) is 28.3. The number of hydrogen-bond acceptors (Lipinski definition) is 6. The van der Waals surface area contributed by atoms with Crippen molar-refractivity contribution in [3.05, 3.63) is 69.7 Å². The average Bonchev–Trinajstić information content (AvgIpc) is 3.41. The van der Waals surface area contributed by atoms with E-state index in [1.165, 1.54) is 33.4 Å². The molecule has 2 N–H and O–H groups in total. The highest BCUT2D eigenvalue weighted by atomic mass is 32.2. The Hall–Kier alpha value is -1.96. The van der Waals surface area contributed by atoms with Gasteiger partial charge in [-0.25, -0.2) is 23.5 Å². The largest absolute Gasteiger partial charge is 0.246 e. The first-order chi connectivity index (χ1) is 16.1. The van der Waals surface area contributed by atoms with Crippen LogP contribution in [0.3, 0.4) is 0 Å². The Kier molecular flexibility index (Phi) is 10.5. The molecule has 1 unspecified atom stereocenters. The molecule has 0 aliphatic heterocycles. The van der Waals surface area contributed by atoms with Crippen LogP contribution in [-0.2, 0) is 10.0 Å². The topological polar surface area (TPSA) is 85.9 Å². The summed E-state index contributed by atoms with van der Waals surface area (Å²) < 4.78 is 21.4. The molecule has 2 heterocycles. The second kappa shape index (κ2) is 12.7. The number of nitrogens with zero attached hydrogens (tertiary/aromatic N) is 2. The van der Waals surface area contributed by atoms with Gasteiger partial charge in [-0.05, 0) is 63.4 Å². The minimum Gasteiger partial charge on any atom is -0.246 e. The van der Waals surface area contributed by atoms with E-state index in [4.69, 9.17) is 10.1 Å². The zero-order chi connectivity index (χ0) is 25.5. The van der Waals surface area contributed by atoms with Crippen molar-refractivity contribution in [3.63, 3.8) is 0 Å². The fourth-order valence-corrected chi connectivity index (χ4v) is 6.20. The second-order valence-corrected chi connectivity index (χ2v) is 12.0. The van der Waals surface area contributed by atoms with E-state index in [1.807, 2.05) is 27.7 Å². The molecule has 34 heavy (non-hydrogen) atoms. The van der Waals surface area contributed by atoms with Crippen LogP contribution in [0.15, 0.2) is 52.7 Å². The zero-order valence-electron chi connectivity index (χ0n) is 20.6. The van der Waals surface area contributed by atoms with E-state index < -0.39 is 10.0 Å². The summed E-state index contributed by atoms with van der Waals surface area (Å²) in [6.45, 7) is 14.4. The molecule has 5 nitrogen and oxygen atoms in total. The van der Waals surface area contributed by atoms with Gasteiger partial charge in [0.05, 0.1) is 26.2 Å². The average molecular weight is 534 g/mol. The van der Waals surface area contributed by atoms with Crippen LogP contribution in [0.1, 0.15) is 35.7 Å². The molecule has 0 amide bonds. The van der Waals surface area contributed by atoms with E-state index in [-0.39, 0.29) is 4.90 Å². The summed E-state index contributed by atoms with van der Waals surface area (Å²) in [5.41, 5.74) is 5.74. The lowest BCUT2D eigenvalue weighted by atomic mass is 10.1. The molecule has 2 aromatic carbocycles. The minimum atomic E-state index is -3.52. The van der Waals surface area contributed by atoms with Gasteiger partial charge in [-0.1, -0.05) is 52.3 Å². The normalized spacial score (nSPS) is 11.1. The van der Waals surface area contributed by atoms with Gasteiger partial charge in [0, 0.05) is 10.9 Å². The Morgan fingerprint density at radius 3 is 2.12 bits per heavy atom. The standard InChI is InChI=1S/C16H17N2PS2.C7H9NO2S.C2H6/c1-9-5-6-12(7-14(9)19-4)13-8-20-16(18-13)15-10(2)17-11(3)21-15;1-6-2-4-7(5-3-6)11(8,9)10;1-2/h5-8,19H,1-4H3;2-5H,1H3,(H2,8,9,10);1-2H3. The molecule has 0 radical (unpaired) electrons. The maximum Gasteiger partial charge on any atom is 0.238 e. The van der Waals surface area contributed by atoms with Crippen LogP contribution in [0.2, 0.25) is 0 Å². The SMILES string of the molecule is CC.CPc1cc(-c2csc(-c3sc(C)nc3C)n2)ccc1C.Cc1ccc(S(N)(=O)=O)cc1. The molecular formula is C25H32N3O2PS3. The fraction of sp³-hybridized carbons (Fsp3) is 0.280. The quantitative estimate of drug-likeness (QED) is 0.305. The number of primary sulfonamides is 1. The van der Waals surface area contributed by atoms with Crippen molar-refractivity contribution in [1.29, 1.82) is 0 Å². The van der Waals surface area contributed by atoms with Crippen molar-refractivity contribution < 1.29 is 8.42 Å². The Morgan fingerprint density at radius 2 is 1.59 bits per heavy atom. The molecule has 2 aromatic heterocycles. The molecule has 9 heteroatoms. The highest BCUT2D eigenvalue weighted by Crippen LogP contribution is 2.34. The molecule has 0 saturated carbocycles. The van der Waals surface area contributed by atoms with Crippen molar-refractivity contribution in [2.24, 2.45) is 5.14 Å². The first-order valence-corrected chi connectivity index (χ1v) is 15.6. The van der Waals surface area contributed by atoms with Gasteiger partial charge in [0.2, 0.25) is 10.0 Å². The lowest BCUT2D eigenvalue weighted by Gasteiger charge is -2.05. The summed E-state index contributed by atoms with van der Waals surface area (Å²) in [7, 11) is -2.70. The van der Waals surface area contributed by atoms with Crippen molar-refractivity contribution >= 4 is 46.6 Å². The van der Waals surface area contributed by atoms with Crippen LogP contribution in [-0.4, -0.2) is 25.1 Å². The van der Waals surface area contributed by atoms with Gasteiger partial charge >= 0.3 is 0 Å². The van der Waals surface area contributed by atoms with Gasteiger partial charge in [0.15, 0.2) is 0 Å². The van der Waals surface area contributed by atoms with Gasteiger partial charge < -0.3 is 0 Å². The maximum absolute atomic E-state index is 10.7. The fourth-order valence-electron chi connectivity index (χ4n) is 3.02. The Morgan fingerprint density at radius 1 is 0.941 bits per heavy atom. The van der Waals surface area contributed by atoms with E-state index in [2.05, 4.69) is 49.1 Å². The van der Waals surface area contributed by atoms with E-state index in [0.29, 0.717) is 0 Å². The third kappa shape index (κ3) is 7.52. The van der Waals surface area contributed by atoms with Gasteiger partial charge in [-0.15, -0.1) is 22.7 Å². The first-order valence-electron chi connectivity index (χ1n) is 10.9. The van der Waals surface area contributed by atoms with Gasteiger partial charge in [-0.3, -0.25) is 0 Å². The number of nitrogens with two attached hydrogens (primary N) is 1. The third-order valence-electron chi connectivity index (χ3n) is 4.75. The predicted octanol–water partition coefficient (Wildman–Crippen LogP) is 6.46. The highest BCUT2D eigenvalue weighted by Gasteiger charge is 2.13. The van der Waals surface area contributed by atoms with Gasteiger partial charge in [0.1, 0.15) is 5.01 Å². The Labute approximate surface area is 213 Å². The minimum absolute atomic E-state index is 0.156. The van der Waals surface area contributed by atoms with Crippen LogP contribution in [0.5, 0.6) is 0 Å². The third-order valence-corrected chi connectivity index (χ3v) is 8.83. The van der Waals surface area contributed by atoms with Crippen LogP contribution >= 0.6 is 31.3 Å². The molecule has 4 aromatic rings. The smallest absolute Gasteiger partial charge is 0.238 e. The number of aromatic nitrogens is 2. The molecule has 4 rings (SSSR count). The van der Waals surface area contributed by atoms with Crippen molar-refractivity contribution in [1.82, 2.24) is 9.97 Å². The van der Waals surface area contributed by atoms with Crippen LogP contribution in [0.25, 0.3) is 21.1 Å². The van der Waals surface area contributed by atoms with Crippen molar-refractivity contribution in [3.8, 4) is 21.1 Å². The molecule has 0 aliphatic rings. The lowest BCUT2D eigenvalue weighted by Crippen LogP contribution is -2.11. The summed E-state index contributed by atoms with van der Waals surface area (Å²) >= 11 is 3.43. The van der Waals surface area contributed by atoms with E-state index in [9.17, 15) is 8.42 Å². The molecule has 0 saturated heterocycles. The molecule has 0 spiro atoms. The number of thiazole rings is 2. The zero-order valence-corrected chi connectivity index (χ0v) is 24.1. The number of benzene rings is 2. The van der Waals surface area contributed by atoms with Crippen molar-refractivity contribution in [2.75, 3.05) is 6.66 Å². The van der Waals surface area contributed by atoms with E-state index >= 15 is 0 Å². The number of aryl methyl sites for hydroxylation is 4. The Balaban J connectivity index is 0.000000266. The number of hydrogen-bond donors (Lipinski definition) is 1. The highest BCUT2D eigenvalue weighted by molar-refractivity contribution is 7.89. The van der Waals surface area contributed by atoms with Gasteiger partial charge in [0.25, 0.3) is 0 Å². The van der Waals surface area contributed by atoms with Crippen LogP contribution in [0.4, 0.5) is 0 Å². The summed E-state index contributed by atoms with van der Waals surface area (Å²) in [6, 6.07) is 13.0. The summed E-state index contributed by atoms with van der Waals surface area (Å²) in [5, 5.41) is 10.6. The summed E-state index contributed by atoms with van der Waals surface area (Å²) in [4.78, 5) is 10.7. The van der Waals surface area contributed by atoms with Gasteiger partial charge in [-0.2, -0.15) is 0 Å². The van der Waals surface area contributed by atoms with Crippen LogP contribution < -0.4 is 10.4 Å². The predicted molar refractivity (Wildman–Crippen MR) is 151 cm³/mol. The molecule has 182 valence electrons. The van der Waals surface area contributed by atoms with Crippen molar-refractivity contribution in [2.45, 2.75) is 46.4 Å². The summed E-state index contributed by atoms with van der Waals surface area (Å²) in [5.74, 6) is 0. The van der Waals surface area contributed by atoms with E-state index in [1.54, 1.807) is 34.8 Å². The van der Waals surface area contributed by atoms with Crippen LogP contribution in [0, 0.1) is 27.7 Å². The Bertz CT molecular complexity index is 1330. The monoisotopic (exact) mass is 533 g/mol. The maximum atomic E-state index is 10.7. The lowest BCUT2D eigenvalue weighted by molar-refractivity contribution is 0.598. The number of rotatable bonds is 4. The molecule has 0 fully saturated rings. The second-order valence-electron chi connectivity index (χ2n) is 7.32. The molecule has 1 atom stereocenters. The van der Waals surface area contributed by atoms with E-state index in [0.717, 1.165) is 35.5 Å². The molecule has 0 aliphatic carbocycles. The summed E-state index contributed by atoms with van der Waals surface area (Å²) in [6.07, 6.45) is 0. The molecule has 0 bridgehead atoms.